The number of nitrogens with two attached hydrogens (primary N) is 1. The number of phenols is 1. The van der Waals surface area contributed by atoms with Crippen molar-refractivity contribution in [3.8, 4) is 5.75 Å². The third kappa shape index (κ3) is 2.87. The Kier molecular flexibility index (Phi) is 4.04. The first-order chi connectivity index (χ1) is 9.00. The molecule has 0 aromatic heterocycles. The molecule has 1 aromatic rings. The molecule has 1 saturated carbocycles. The van der Waals surface area contributed by atoms with E-state index in [0.29, 0.717) is 0 Å². The van der Waals surface area contributed by atoms with E-state index in [2.05, 4.69) is 0 Å². The standard InChI is InChI=1S/C14H18FNO3/c15-9-6-10(13(17)11(7-9)14(18)19)12(16)8-4-2-1-3-5-8/h6-8,12,17H,1-5,16H2,(H,18,19)/t12-/m0/s1. The van der Waals surface area contributed by atoms with E-state index in [-0.39, 0.29) is 11.5 Å². The molecule has 1 atom stereocenters. The summed E-state index contributed by atoms with van der Waals surface area (Å²) >= 11 is 0. The van der Waals surface area contributed by atoms with Gasteiger partial charge in [-0.15, -0.1) is 0 Å². The summed E-state index contributed by atoms with van der Waals surface area (Å²) in [4.78, 5) is 11.0. The average Bonchev–Trinajstić information content (AvgIpc) is 2.41. The van der Waals surface area contributed by atoms with Gasteiger partial charge in [0.1, 0.15) is 17.1 Å². The zero-order valence-corrected chi connectivity index (χ0v) is 10.6. The molecule has 1 aliphatic rings. The number of halogens is 1. The van der Waals surface area contributed by atoms with Crippen molar-refractivity contribution in [3.05, 3.63) is 29.1 Å². The van der Waals surface area contributed by atoms with Crippen LogP contribution in [0.3, 0.4) is 0 Å². The van der Waals surface area contributed by atoms with Crippen LogP contribution in [-0.4, -0.2) is 16.2 Å². The van der Waals surface area contributed by atoms with Crippen LogP contribution in [-0.2, 0) is 0 Å². The Morgan fingerprint density at radius 1 is 1.32 bits per heavy atom. The lowest BCUT2D eigenvalue weighted by atomic mass is 9.81. The molecule has 1 aliphatic carbocycles. The highest BCUT2D eigenvalue weighted by molar-refractivity contribution is 5.91. The van der Waals surface area contributed by atoms with Crippen LogP contribution < -0.4 is 5.73 Å². The summed E-state index contributed by atoms with van der Waals surface area (Å²) in [6.07, 6.45) is 5.16. The van der Waals surface area contributed by atoms with Gasteiger partial charge in [0.15, 0.2) is 0 Å². The van der Waals surface area contributed by atoms with E-state index in [4.69, 9.17) is 10.8 Å². The fourth-order valence-electron chi connectivity index (χ4n) is 2.78. The summed E-state index contributed by atoms with van der Waals surface area (Å²) in [6, 6.07) is 1.43. The fraction of sp³-hybridized carbons (Fsp3) is 0.500. The van der Waals surface area contributed by atoms with Gasteiger partial charge in [0, 0.05) is 11.6 Å². The molecular formula is C14H18FNO3. The van der Waals surface area contributed by atoms with Gasteiger partial charge in [-0.25, -0.2) is 9.18 Å². The highest BCUT2D eigenvalue weighted by Gasteiger charge is 2.26. The van der Waals surface area contributed by atoms with Gasteiger partial charge in [0.2, 0.25) is 0 Å². The summed E-state index contributed by atoms with van der Waals surface area (Å²) in [5.74, 6) is -2.28. The van der Waals surface area contributed by atoms with Crippen LogP contribution in [0.25, 0.3) is 0 Å². The maximum Gasteiger partial charge on any atom is 0.339 e. The number of aromatic hydroxyl groups is 1. The molecule has 0 amide bonds. The molecule has 1 fully saturated rings. The van der Waals surface area contributed by atoms with Crippen molar-refractivity contribution in [3.63, 3.8) is 0 Å². The number of carboxylic acids is 1. The molecule has 4 N–H and O–H groups in total. The summed E-state index contributed by atoms with van der Waals surface area (Å²) in [6.45, 7) is 0. The minimum absolute atomic E-state index is 0.170. The lowest BCUT2D eigenvalue weighted by Gasteiger charge is -2.28. The molecule has 0 saturated heterocycles. The monoisotopic (exact) mass is 267 g/mol. The normalized spacial score (nSPS) is 18.2. The lowest BCUT2D eigenvalue weighted by Crippen LogP contribution is -2.24. The first-order valence-electron chi connectivity index (χ1n) is 6.52. The van der Waals surface area contributed by atoms with E-state index >= 15 is 0 Å². The van der Waals surface area contributed by atoms with Crippen molar-refractivity contribution in [1.29, 1.82) is 0 Å². The van der Waals surface area contributed by atoms with Crippen molar-refractivity contribution in [2.24, 2.45) is 11.7 Å². The van der Waals surface area contributed by atoms with Crippen molar-refractivity contribution >= 4 is 5.97 Å². The fourth-order valence-corrected chi connectivity index (χ4v) is 2.78. The maximum atomic E-state index is 13.5. The molecule has 0 aliphatic heterocycles. The second-order valence-corrected chi connectivity index (χ2v) is 5.12. The topological polar surface area (TPSA) is 83.6 Å². The van der Waals surface area contributed by atoms with Crippen LogP contribution in [0, 0.1) is 11.7 Å². The van der Waals surface area contributed by atoms with Crippen LogP contribution in [0.5, 0.6) is 5.75 Å². The molecule has 0 unspecified atom stereocenters. The molecule has 104 valence electrons. The molecular weight excluding hydrogens is 249 g/mol. The summed E-state index contributed by atoms with van der Waals surface area (Å²) in [5, 5.41) is 18.9. The quantitative estimate of drug-likeness (QED) is 0.786. The zero-order valence-electron chi connectivity index (χ0n) is 10.6. The summed E-state index contributed by atoms with van der Waals surface area (Å²) in [7, 11) is 0. The maximum absolute atomic E-state index is 13.5. The highest BCUT2D eigenvalue weighted by atomic mass is 19.1. The number of carboxylic acid groups (broad SMARTS) is 1. The second-order valence-electron chi connectivity index (χ2n) is 5.12. The van der Waals surface area contributed by atoms with Crippen molar-refractivity contribution < 1.29 is 19.4 Å². The van der Waals surface area contributed by atoms with Gasteiger partial charge >= 0.3 is 5.97 Å². The van der Waals surface area contributed by atoms with Crippen molar-refractivity contribution in [2.45, 2.75) is 38.1 Å². The third-order valence-electron chi connectivity index (χ3n) is 3.85. The van der Waals surface area contributed by atoms with Crippen molar-refractivity contribution in [2.75, 3.05) is 0 Å². The molecule has 2 rings (SSSR count). The van der Waals surface area contributed by atoms with Crippen molar-refractivity contribution in [1.82, 2.24) is 0 Å². The smallest absolute Gasteiger partial charge is 0.339 e. The van der Waals surface area contributed by atoms with E-state index in [1.165, 1.54) is 6.42 Å². The Labute approximate surface area is 111 Å². The SMILES string of the molecule is N[C@H](c1cc(F)cc(C(=O)O)c1O)C1CCCCC1. The Morgan fingerprint density at radius 2 is 1.95 bits per heavy atom. The highest BCUT2D eigenvalue weighted by Crippen LogP contribution is 2.37. The first-order valence-corrected chi connectivity index (χ1v) is 6.52. The third-order valence-corrected chi connectivity index (χ3v) is 3.85. The van der Waals surface area contributed by atoms with E-state index < -0.39 is 29.1 Å². The molecule has 0 bridgehead atoms. The van der Waals surface area contributed by atoms with E-state index in [9.17, 15) is 14.3 Å². The second kappa shape index (κ2) is 5.57. The van der Waals surface area contributed by atoms with Gasteiger partial charge in [-0.05, 0) is 30.9 Å². The molecule has 0 spiro atoms. The predicted molar refractivity (Wildman–Crippen MR) is 68.5 cm³/mol. The number of rotatable bonds is 3. The number of aromatic carboxylic acids is 1. The summed E-state index contributed by atoms with van der Waals surface area (Å²) < 4.78 is 13.5. The molecule has 5 heteroatoms. The van der Waals surface area contributed by atoms with E-state index in [0.717, 1.165) is 37.8 Å². The van der Waals surface area contributed by atoms with Gasteiger partial charge in [-0.3, -0.25) is 0 Å². The summed E-state index contributed by atoms with van der Waals surface area (Å²) in [5.41, 5.74) is 5.86. The number of hydrogen-bond acceptors (Lipinski definition) is 3. The largest absolute Gasteiger partial charge is 0.507 e. The molecule has 0 radical (unpaired) electrons. The van der Waals surface area contributed by atoms with E-state index in [1.54, 1.807) is 0 Å². The average molecular weight is 267 g/mol. The van der Waals surface area contributed by atoms with Gasteiger partial charge in [-0.2, -0.15) is 0 Å². The van der Waals surface area contributed by atoms with Gasteiger partial charge in [-0.1, -0.05) is 19.3 Å². The van der Waals surface area contributed by atoms with Crippen LogP contribution in [0.15, 0.2) is 12.1 Å². The van der Waals surface area contributed by atoms with E-state index in [1.807, 2.05) is 0 Å². The van der Waals surface area contributed by atoms with Crippen LogP contribution in [0.4, 0.5) is 4.39 Å². The Hall–Kier alpha value is -1.62. The van der Waals surface area contributed by atoms with Crippen LogP contribution >= 0.6 is 0 Å². The molecule has 1 aromatic carbocycles. The van der Waals surface area contributed by atoms with Gasteiger partial charge in [0.05, 0.1) is 0 Å². The first kappa shape index (κ1) is 13.8. The number of carbonyl (C=O) groups is 1. The minimum Gasteiger partial charge on any atom is -0.507 e. The Bertz CT molecular complexity index is 484. The number of benzene rings is 1. The Balaban J connectivity index is 2.35. The molecule has 0 heterocycles. The molecule has 4 nitrogen and oxygen atoms in total. The van der Waals surface area contributed by atoms with Crippen LogP contribution in [0.1, 0.15) is 54.1 Å². The molecule has 19 heavy (non-hydrogen) atoms. The van der Waals surface area contributed by atoms with Gasteiger partial charge < -0.3 is 15.9 Å². The Morgan fingerprint density at radius 3 is 2.53 bits per heavy atom. The minimum atomic E-state index is -1.35. The van der Waals surface area contributed by atoms with Crippen LogP contribution in [0.2, 0.25) is 0 Å². The zero-order chi connectivity index (χ0) is 14.0. The predicted octanol–water partition coefficient (Wildman–Crippen LogP) is 2.81. The van der Waals surface area contributed by atoms with Gasteiger partial charge in [0.25, 0.3) is 0 Å². The number of hydrogen-bond donors (Lipinski definition) is 3. The lowest BCUT2D eigenvalue weighted by molar-refractivity contribution is 0.0692.